The van der Waals surface area contributed by atoms with E-state index in [9.17, 15) is 19.2 Å². The van der Waals surface area contributed by atoms with Gasteiger partial charge in [0.15, 0.2) is 0 Å². The quantitative estimate of drug-likeness (QED) is 0.345. The third-order valence-corrected chi connectivity index (χ3v) is 7.84. The molecule has 10 heteroatoms. The number of piperidine rings is 2. The van der Waals surface area contributed by atoms with Gasteiger partial charge in [-0.25, -0.2) is 0 Å². The van der Waals surface area contributed by atoms with Crippen LogP contribution in [0.3, 0.4) is 0 Å². The highest BCUT2D eigenvalue weighted by Crippen LogP contribution is 2.34. The lowest BCUT2D eigenvalue weighted by Gasteiger charge is -2.32. The predicted molar refractivity (Wildman–Crippen MR) is 146 cm³/mol. The van der Waals surface area contributed by atoms with Crippen LogP contribution in [0, 0.1) is 5.92 Å². The van der Waals surface area contributed by atoms with Crippen molar-refractivity contribution in [1.82, 2.24) is 20.4 Å². The Morgan fingerprint density at radius 2 is 1.88 bits per heavy atom. The average molecular weight is 549 g/mol. The van der Waals surface area contributed by atoms with E-state index in [4.69, 9.17) is 9.47 Å². The molecule has 1 unspecified atom stereocenters. The molecule has 2 aromatic carbocycles. The van der Waals surface area contributed by atoms with Gasteiger partial charge >= 0.3 is 0 Å². The summed E-state index contributed by atoms with van der Waals surface area (Å²) < 4.78 is 11.2. The van der Waals surface area contributed by atoms with Gasteiger partial charge in [0.05, 0.1) is 19.1 Å². The van der Waals surface area contributed by atoms with Crippen LogP contribution in [0.5, 0.6) is 5.75 Å². The molecule has 40 heavy (non-hydrogen) atoms. The summed E-state index contributed by atoms with van der Waals surface area (Å²) in [4.78, 5) is 53.2. The highest BCUT2D eigenvalue weighted by molar-refractivity contribution is 6.05. The van der Waals surface area contributed by atoms with Crippen LogP contribution in [0.25, 0.3) is 0 Å². The Hall–Kier alpha value is -3.76. The number of rotatable bonds is 10. The normalized spacial score (nSPS) is 21.2. The summed E-state index contributed by atoms with van der Waals surface area (Å²) in [6.45, 7) is 4.18. The number of likely N-dealkylation sites (tertiary alicyclic amines) is 1. The minimum absolute atomic E-state index is 0.00340. The second-order valence-electron chi connectivity index (χ2n) is 10.6. The second-order valence-corrected chi connectivity index (χ2v) is 10.6. The van der Waals surface area contributed by atoms with Crippen LogP contribution in [-0.4, -0.2) is 72.8 Å². The Labute approximate surface area is 234 Å². The molecule has 0 aromatic heterocycles. The van der Waals surface area contributed by atoms with Gasteiger partial charge in [-0.3, -0.25) is 29.4 Å². The largest absolute Gasteiger partial charge is 0.489 e. The van der Waals surface area contributed by atoms with E-state index in [1.54, 1.807) is 19.2 Å². The number of ether oxygens (including phenoxy) is 2. The number of amides is 4. The number of imide groups is 1. The summed E-state index contributed by atoms with van der Waals surface area (Å²) in [5.41, 5.74) is 3.47. The minimum Gasteiger partial charge on any atom is -0.489 e. The molecule has 0 aliphatic carbocycles. The number of hydrogen-bond donors (Lipinski definition) is 2. The zero-order chi connectivity index (χ0) is 28.1. The van der Waals surface area contributed by atoms with Crippen molar-refractivity contribution in [2.75, 3.05) is 33.4 Å². The van der Waals surface area contributed by atoms with Crippen LogP contribution < -0.4 is 15.4 Å². The van der Waals surface area contributed by atoms with Gasteiger partial charge in [-0.05, 0) is 49.1 Å². The molecule has 0 bridgehead atoms. The van der Waals surface area contributed by atoms with Crippen molar-refractivity contribution in [1.29, 1.82) is 0 Å². The first-order valence-corrected chi connectivity index (χ1v) is 13.9. The Bertz CT molecular complexity index is 1260. The monoisotopic (exact) mass is 548 g/mol. The Morgan fingerprint density at radius 1 is 1.07 bits per heavy atom. The van der Waals surface area contributed by atoms with Gasteiger partial charge in [0, 0.05) is 44.3 Å². The van der Waals surface area contributed by atoms with E-state index in [2.05, 4.69) is 27.7 Å². The zero-order valence-electron chi connectivity index (χ0n) is 22.8. The lowest BCUT2D eigenvalue weighted by atomic mass is 9.96. The van der Waals surface area contributed by atoms with Crippen molar-refractivity contribution in [3.05, 3.63) is 64.7 Å². The van der Waals surface area contributed by atoms with Gasteiger partial charge in [0.25, 0.3) is 5.91 Å². The number of carbonyl (C=O) groups excluding carboxylic acids is 4. The van der Waals surface area contributed by atoms with E-state index in [1.165, 1.54) is 10.5 Å². The van der Waals surface area contributed by atoms with Crippen LogP contribution in [0.15, 0.2) is 42.5 Å². The van der Waals surface area contributed by atoms with Crippen LogP contribution in [0.1, 0.15) is 52.7 Å². The van der Waals surface area contributed by atoms with E-state index in [0.717, 1.165) is 43.6 Å². The van der Waals surface area contributed by atoms with E-state index in [0.29, 0.717) is 37.5 Å². The minimum atomic E-state index is -0.654. The molecule has 10 nitrogen and oxygen atoms in total. The van der Waals surface area contributed by atoms with Gasteiger partial charge in [-0.2, -0.15) is 0 Å². The van der Waals surface area contributed by atoms with Gasteiger partial charge in [0.1, 0.15) is 18.4 Å². The predicted octanol–water partition coefficient (Wildman–Crippen LogP) is 2.00. The fraction of sp³-hybridized carbons (Fsp3) is 0.467. The third-order valence-electron chi connectivity index (χ3n) is 7.84. The number of carbonyl (C=O) groups is 4. The molecule has 3 aliphatic heterocycles. The highest BCUT2D eigenvalue weighted by atomic mass is 16.5. The fourth-order valence-corrected chi connectivity index (χ4v) is 5.69. The van der Waals surface area contributed by atoms with Gasteiger partial charge in [0.2, 0.25) is 17.7 Å². The number of fused-ring (bicyclic) bond motifs is 1. The van der Waals surface area contributed by atoms with Crippen molar-refractivity contribution >= 4 is 23.6 Å². The van der Waals surface area contributed by atoms with E-state index in [-0.39, 0.29) is 36.6 Å². The molecule has 0 radical (unpaired) electrons. The molecule has 212 valence electrons. The maximum Gasteiger partial charge on any atom is 0.255 e. The van der Waals surface area contributed by atoms with E-state index in [1.807, 2.05) is 18.2 Å². The van der Waals surface area contributed by atoms with Crippen LogP contribution in [0.4, 0.5) is 0 Å². The van der Waals surface area contributed by atoms with Crippen LogP contribution in [0.2, 0.25) is 0 Å². The Morgan fingerprint density at radius 3 is 2.65 bits per heavy atom. The molecule has 2 aromatic rings. The molecule has 2 saturated heterocycles. The van der Waals surface area contributed by atoms with Crippen molar-refractivity contribution in [3.63, 3.8) is 0 Å². The van der Waals surface area contributed by atoms with Crippen LogP contribution >= 0.6 is 0 Å². The number of methoxy groups -OCH3 is 1. The lowest BCUT2D eigenvalue weighted by Crippen LogP contribution is -2.52. The molecule has 2 atom stereocenters. The number of hydrogen-bond acceptors (Lipinski definition) is 7. The van der Waals surface area contributed by atoms with E-state index < -0.39 is 11.9 Å². The summed E-state index contributed by atoms with van der Waals surface area (Å²) in [7, 11) is 1.63. The zero-order valence-corrected chi connectivity index (χ0v) is 22.8. The maximum atomic E-state index is 13.0. The molecule has 0 spiro atoms. The number of benzene rings is 2. The van der Waals surface area contributed by atoms with Gasteiger partial charge in [-0.15, -0.1) is 0 Å². The summed E-state index contributed by atoms with van der Waals surface area (Å²) in [6, 6.07) is 13.0. The fourth-order valence-electron chi connectivity index (χ4n) is 5.69. The molecule has 2 fully saturated rings. The van der Waals surface area contributed by atoms with Crippen molar-refractivity contribution in [3.8, 4) is 5.75 Å². The molecule has 5 rings (SSSR count). The molecular weight excluding hydrogens is 512 g/mol. The lowest BCUT2D eigenvalue weighted by molar-refractivity contribution is -0.137. The summed E-state index contributed by atoms with van der Waals surface area (Å²) in [5, 5.41) is 5.29. The third kappa shape index (κ3) is 6.34. The Kier molecular flexibility index (Phi) is 8.76. The van der Waals surface area contributed by atoms with Gasteiger partial charge in [-0.1, -0.05) is 30.3 Å². The van der Waals surface area contributed by atoms with E-state index >= 15 is 0 Å². The first-order valence-electron chi connectivity index (χ1n) is 13.9. The molecule has 0 saturated carbocycles. The summed E-state index contributed by atoms with van der Waals surface area (Å²) in [6.07, 6.45) is 2.45. The van der Waals surface area contributed by atoms with Crippen molar-refractivity contribution in [2.24, 2.45) is 5.92 Å². The van der Waals surface area contributed by atoms with Crippen molar-refractivity contribution in [2.45, 2.75) is 51.4 Å². The summed E-state index contributed by atoms with van der Waals surface area (Å²) >= 11 is 0. The highest BCUT2D eigenvalue weighted by Gasteiger charge is 2.40. The Balaban J connectivity index is 1.15. The van der Waals surface area contributed by atoms with Crippen molar-refractivity contribution < 1.29 is 28.7 Å². The molecule has 3 heterocycles. The summed E-state index contributed by atoms with van der Waals surface area (Å²) in [5.74, 6) is -0.223. The SMILES string of the molecule is COCCNC(=O)C1CCCN(Cc2ccc(COc3cccc4c3CN([C@H]3CCC(=O)NC3=O)C4=O)cc2)C1. The van der Waals surface area contributed by atoms with Crippen LogP contribution in [-0.2, 0) is 38.8 Å². The molecule has 4 amide bonds. The first-order chi connectivity index (χ1) is 19.4. The number of nitrogens with zero attached hydrogens (tertiary/aromatic N) is 2. The molecule has 3 aliphatic rings. The second kappa shape index (κ2) is 12.6. The topological polar surface area (TPSA) is 117 Å². The molecule has 2 N–H and O–H groups in total. The smallest absolute Gasteiger partial charge is 0.255 e. The average Bonchev–Trinajstić information content (AvgIpc) is 3.29. The standard InChI is InChI=1S/C30H36N4O6/c1-39-15-13-31-28(36)22-4-3-14-33(17-22)16-20-7-9-21(10-8-20)19-40-26-6-2-5-23-24(26)18-34(30(23)38)25-11-12-27(35)32-29(25)37/h2,5-10,22,25H,3-4,11-19H2,1H3,(H,31,36)(H,32,35,37)/t22?,25-/m0/s1. The van der Waals surface area contributed by atoms with Gasteiger partial charge < -0.3 is 19.7 Å². The number of nitrogens with one attached hydrogen (secondary N) is 2. The maximum absolute atomic E-state index is 13.0. The molecular formula is C30H36N4O6. The first kappa shape index (κ1) is 27.8.